The average Bonchev–Trinajstić information content (AvgIpc) is 2.67. The fourth-order valence-electron chi connectivity index (χ4n) is 2.73. The molecule has 1 rings (SSSR count). The molecule has 0 saturated heterocycles. The van der Waals surface area contributed by atoms with Gasteiger partial charge in [0.2, 0.25) is 11.8 Å². The number of carboxylic acids is 1. The molecule has 2 amide bonds. The predicted octanol–water partition coefficient (Wildman–Crippen LogP) is 0.456. The van der Waals surface area contributed by atoms with Crippen LogP contribution in [-0.2, 0) is 14.4 Å². The van der Waals surface area contributed by atoms with Crippen LogP contribution in [-0.4, -0.2) is 40.4 Å². The van der Waals surface area contributed by atoms with Gasteiger partial charge < -0.3 is 15.7 Å². The number of rotatable bonds is 5. The molecule has 0 bridgehead atoms. The Morgan fingerprint density at radius 1 is 1.26 bits per heavy atom. The van der Waals surface area contributed by atoms with Gasteiger partial charge in [0.15, 0.2) is 0 Å². The van der Waals surface area contributed by atoms with E-state index in [-0.39, 0.29) is 24.4 Å². The molecule has 1 aliphatic carbocycles. The molecular weight excluding hydrogens is 248 g/mol. The van der Waals surface area contributed by atoms with E-state index in [1.165, 1.54) is 4.90 Å². The number of carbonyl (C=O) groups is 3. The molecule has 0 aliphatic heterocycles. The van der Waals surface area contributed by atoms with Gasteiger partial charge in [-0.15, -0.1) is 0 Å². The first-order valence-electron chi connectivity index (χ1n) is 6.55. The van der Waals surface area contributed by atoms with Crippen molar-refractivity contribution in [1.29, 1.82) is 0 Å². The zero-order chi connectivity index (χ0) is 14.7. The minimum absolute atomic E-state index is 0.159. The number of hydrogen-bond donors (Lipinski definition) is 2. The van der Waals surface area contributed by atoms with E-state index in [0.717, 1.165) is 0 Å². The summed E-state index contributed by atoms with van der Waals surface area (Å²) in [7, 11) is 0. The normalized spacial score (nSPS) is 26.4. The standard InChI is InChI=1S/C13H22N2O4/c1-7(2)15(6-11(14)16)12(17)9-4-8(3)5-10(9)13(18)19/h7-10H,4-6H2,1-3H3,(H2,14,16)(H,18,19). The van der Waals surface area contributed by atoms with Gasteiger partial charge in [0.1, 0.15) is 0 Å². The van der Waals surface area contributed by atoms with Gasteiger partial charge in [-0.25, -0.2) is 0 Å². The fourth-order valence-corrected chi connectivity index (χ4v) is 2.73. The molecule has 6 heteroatoms. The summed E-state index contributed by atoms with van der Waals surface area (Å²) >= 11 is 0. The molecule has 1 aliphatic rings. The van der Waals surface area contributed by atoms with E-state index in [0.29, 0.717) is 12.8 Å². The predicted molar refractivity (Wildman–Crippen MR) is 69.1 cm³/mol. The van der Waals surface area contributed by atoms with Crippen LogP contribution < -0.4 is 5.73 Å². The third-order valence-electron chi connectivity index (χ3n) is 3.67. The van der Waals surface area contributed by atoms with Crippen molar-refractivity contribution in [2.45, 2.75) is 39.7 Å². The lowest BCUT2D eigenvalue weighted by molar-refractivity contribution is -0.150. The van der Waals surface area contributed by atoms with E-state index in [4.69, 9.17) is 5.73 Å². The van der Waals surface area contributed by atoms with Crippen molar-refractivity contribution >= 4 is 17.8 Å². The summed E-state index contributed by atoms with van der Waals surface area (Å²) in [5.74, 6) is -2.79. The van der Waals surface area contributed by atoms with Gasteiger partial charge in [-0.05, 0) is 32.6 Å². The summed E-state index contributed by atoms with van der Waals surface area (Å²) in [5, 5.41) is 9.19. The summed E-state index contributed by atoms with van der Waals surface area (Å²) in [6.07, 6.45) is 1.06. The first kappa shape index (κ1) is 15.5. The van der Waals surface area contributed by atoms with Crippen molar-refractivity contribution in [3.63, 3.8) is 0 Å². The van der Waals surface area contributed by atoms with E-state index in [1.807, 2.05) is 6.92 Å². The van der Waals surface area contributed by atoms with Gasteiger partial charge >= 0.3 is 5.97 Å². The lowest BCUT2D eigenvalue weighted by atomic mass is 9.94. The number of nitrogens with two attached hydrogens (primary N) is 1. The largest absolute Gasteiger partial charge is 0.481 e. The molecule has 3 N–H and O–H groups in total. The second-order valence-electron chi connectivity index (χ2n) is 5.65. The van der Waals surface area contributed by atoms with Gasteiger partial charge in [0, 0.05) is 6.04 Å². The van der Waals surface area contributed by atoms with Gasteiger partial charge in [-0.2, -0.15) is 0 Å². The first-order valence-corrected chi connectivity index (χ1v) is 6.55. The minimum atomic E-state index is -0.939. The van der Waals surface area contributed by atoms with Crippen LogP contribution in [0.5, 0.6) is 0 Å². The Bertz CT molecular complexity index is 381. The third kappa shape index (κ3) is 3.68. The summed E-state index contributed by atoms with van der Waals surface area (Å²) in [6.45, 7) is 5.36. The first-order chi connectivity index (χ1) is 8.73. The van der Waals surface area contributed by atoms with Gasteiger partial charge in [0.25, 0.3) is 0 Å². The van der Waals surface area contributed by atoms with E-state index in [9.17, 15) is 19.5 Å². The number of nitrogens with zero attached hydrogens (tertiary/aromatic N) is 1. The van der Waals surface area contributed by atoms with E-state index < -0.39 is 23.7 Å². The summed E-state index contributed by atoms with van der Waals surface area (Å²) in [5.41, 5.74) is 5.14. The van der Waals surface area contributed by atoms with Crippen LogP contribution in [0.25, 0.3) is 0 Å². The second kappa shape index (κ2) is 6.04. The summed E-state index contributed by atoms with van der Waals surface area (Å²) < 4.78 is 0. The van der Waals surface area contributed by atoms with Gasteiger partial charge in [-0.1, -0.05) is 6.92 Å². The Morgan fingerprint density at radius 3 is 2.21 bits per heavy atom. The molecule has 19 heavy (non-hydrogen) atoms. The Labute approximate surface area is 112 Å². The molecule has 6 nitrogen and oxygen atoms in total. The maximum absolute atomic E-state index is 12.4. The van der Waals surface area contributed by atoms with E-state index >= 15 is 0 Å². The highest BCUT2D eigenvalue weighted by Gasteiger charge is 2.43. The molecule has 3 unspecified atom stereocenters. The number of carbonyl (C=O) groups excluding carboxylic acids is 2. The Morgan fingerprint density at radius 2 is 1.79 bits per heavy atom. The van der Waals surface area contributed by atoms with Crippen molar-refractivity contribution < 1.29 is 19.5 Å². The van der Waals surface area contributed by atoms with Crippen LogP contribution in [0, 0.1) is 17.8 Å². The molecule has 0 heterocycles. The van der Waals surface area contributed by atoms with Crippen LogP contribution in [0.2, 0.25) is 0 Å². The molecular formula is C13H22N2O4. The zero-order valence-electron chi connectivity index (χ0n) is 11.6. The Hall–Kier alpha value is -1.59. The maximum atomic E-state index is 12.4. The molecule has 1 fully saturated rings. The van der Waals surface area contributed by atoms with Gasteiger partial charge in [0.05, 0.1) is 18.4 Å². The quantitative estimate of drug-likeness (QED) is 0.757. The molecule has 108 valence electrons. The van der Waals surface area contributed by atoms with Crippen LogP contribution in [0.15, 0.2) is 0 Å². The number of carboxylic acid groups (broad SMARTS) is 1. The molecule has 0 radical (unpaired) electrons. The molecule has 3 atom stereocenters. The van der Waals surface area contributed by atoms with E-state index in [2.05, 4.69) is 0 Å². The van der Waals surface area contributed by atoms with Crippen LogP contribution >= 0.6 is 0 Å². The molecule has 0 aromatic heterocycles. The number of primary amides is 1. The van der Waals surface area contributed by atoms with Crippen molar-refractivity contribution in [1.82, 2.24) is 4.90 Å². The zero-order valence-corrected chi connectivity index (χ0v) is 11.6. The van der Waals surface area contributed by atoms with Crippen molar-refractivity contribution in [2.75, 3.05) is 6.54 Å². The van der Waals surface area contributed by atoms with Crippen LogP contribution in [0.4, 0.5) is 0 Å². The highest BCUT2D eigenvalue weighted by molar-refractivity contribution is 5.88. The number of amides is 2. The highest BCUT2D eigenvalue weighted by atomic mass is 16.4. The van der Waals surface area contributed by atoms with Crippen molar-refractivity contribution in [3.05, 3.63) is 0 Å². The lowest BCUT2D eigenvalue weighted by Crippen LogP contribution is -2.47. The third-order valence-corrected chi connectivity index (χ3v) is 3.67. The lowest BCUT2D eigenvalue weighted by Gasteiger charge is -2.29. The van der Waals surface area contributed by atoms with Gasteiger partial charge in [-0.3, -0.25) is 14.4 Å². The van der Waals surface area contributed by atoms with Crippen molar-refractivity contribution in [3.8, 4) is 0 Å². The van der Waals surface area contributed by atoms with E-state index in [1.54, 1.807) is 13.8 Å². The Balaban J connectivity index is 2.89. The second-order valence-corrected chi connectivity index (χ2v) is 5.65. The number of aliphatic carboxylic acids is 1. The summed E-state index contributed by atoms with van der Waals surface area (Å²) in [6, 6.07) is -0.176. The summed E-state index contributed by atoms with van der Waals surface area (Å²) in [4.78, 5) is 36.1. The molecule has 0 aromatic carbocycles. The molecule has 1 saturated carbocycles. The minimum Gasteiger partial charge on any atom is -0.481 e. The van der Waals surface area contributed by atoms with Crippen LogP contribution in [0.1, 0.15) is 33.6 Å². The maximum Gasteiger partial charge on any atom is 0.307 e. The number of hydrogen-bond acceptors (Lipinski definition) is 3. The monoisotopic (exact) mass is 270 g/mol. The molecule has 0 aromatic rings. The van der Waals surface area contributed by atoms with Crippen molar-refractivity contribution in [2.24, 2.45) is 23.5 Å². The highest BCUT2D eigenvalue weighted by Crippen LogP contribution is 2.37. The Kier molecular flexibility index (Phi) is 4.91. The average molecular weight is 270 g/mol. The molecule has 0 spiro atoms. The smallest absolute Gasteiger partial charge is 0.307 e. The van der Waals surface area contributed by atoms with Crippen LogP contribution in [0.3, 0.4) is 0 Å². The fraction of sp³-hybridized carbons (Fsp3) is 0.769. The SMILES string of the molecule is CC1CC(C(=O)O)C(C(=O)N(CC(N)=O)C(C)C)C1. The topological polar surface area (TPSA) is 101 Å².